The van der Waals surface area contributed by atoms with Gasteiger partial charge in [-0.25, -0.2) is 4.79 Å². The third-order valence-electron chi connectivity index (χ3n) is 3.44. The van der Waals surface area contributed by atoms with Crippen LogP contribution < -0.4 is 4.90 Å². The standard InChI is InChI=1S/C14H15N3O2/c1-16-6-5-12(15-16)9-17-7-4-10-8-11(14(18)19)2-3-13(10)17/h2-3,5-6,8H,4,7,9H2,1H3,(H,18,19). The van der Waals surface area contributed by atoms with Crippen molar-refractivity contribution in [3.63, 3.8) is 0 Å². The van der Waals surface area contributed by atoms with Gasteiger partial charge in [-0.05, 0) is 36.2 Å². The summed E-state index contributed by atoms with van der Waals surface area (Å²) >= 11 is 0. The lowest BCUT2D eigenvalue weighted by Gasteiger charge is -2.18. The number of hydrogen-bond acceptors (Lipinski definition) is 3. The number of benzene rings is 1. The molecule has 0 saturated heterocycles. The maximum Gasteiger partial charge on any atom is 0.335 e. The molecule has 1 aliphatic heterocycles. The number of fused-ring (bicyclic) bond motifs is 1. The molecular formula is C14H15N3O2. The van der Waals surface area contributed by atoms with Crippen molar-refractivity contribution in [1.82, 2.24) is 9.78 Å². The highest BCUT2D eigenvalue weighted by Gasteiger charge is 2.21. The molecule has 98 valence electrons. The van der Waals surface area contributed by atoms with Gasteiger partial charge in [0.25, 0.3) is 0 Å². The van der Waals surface area contributed by atoms with Crippen LogP contribution in [0.15, 0.2) is 30.5 Å². The number of aromatic carboxylic acids is 1. The van der Waals surface area contributed by atoms with Crippen molar-refractivity contribution in [2.45, 2.75) is 13.0 Å². The van der Waals surface area contributed by atoms with E-state index in [1.54, 1.807) is 16.8 Å². The zero-order valence-corrected chi connectivity index (χ0v) is 10.7. The number of nitrogens with zero attached hydrogens (tertiary/aromatic N) is 3. The van der Waals surface area contributed by atoms with Gasteiger partial charge in [0.15, 0.2) is 0 Å². The molecule has 19 heavy (non-hydrogen) atoms. The minimum Gasteiger partial charge on any atom is -0.478 e. The Morgan fingerprint density at radius 2 is 2.26 bits per heavy atom. The molecule has 0 fully saturated rings. The summed E-state index contributed by atoms with van der Waals surface area (Å²) < 4.78 is 1.79. The fourth-order valence-corrected chi connectivity index (χ4v) is 2.51. The van der Waals surface area contributed by atoms with Crippen LogP contribution in [0.2, 0.25) is 0 Å². The third kappa shape index (κ3) is 2.19. The van der Waals surface area contributed by atoms with Crippen LogP contribution in [0.1, 0.15) is 21.6 Å². The molecule has 2 heterocycles. The smallest absolute Gasteiger partial charge is 0.335 e. The Morgan fingerprint density at radius 3 is 2.95 bits per heavy atom. The largest absolute Gasteiger partial charge is 0.478 e. The second kappa shape index (κ2) is 4.42. The molecule has 0 aliphatic carbocycles. The first-order valence-electron chi connectivity index (χ1n) is 6.23. The van der Waals surface area contributed by atoms with E-state index < -0.39 is 5.97 Å². The molecular weight excluding hydrogens is 242 g/mol. The Labute approximate surface area is 111 Å². The number of carboxylic acid groups (broad SMARTS) is 1. The average Bonchev–Trinajstić information content (AvgIpc) is 2.96. The molecule has 5 heteroatoms. The minimum absolute atomic E-state index is 0.360. The molecule has 1 aromatic carbocycles. The molecule has 0 amide bonds. The molecule has 1 aromatic heterocycles. The van der Waals surface area contributed by atoms with Crippen molar-refractivity contribution >= 4 is 11.7 Å². The van der Waals surface area contributed by atoms with Crippen molar-refractivity contribution in [2.24, 2.45) is 7.05 Å². The lowest BCUT2D eigenvalue weighted by Crippen LogP contribution is -2.20. The highest BCUT2D eigenvalue weighted by Crippen LogP contribution is 2.29. The van der Waals surface area contributed by atoms with Gasteiger partial charge in [-0.1, -0.05) is 0 Å². The predicted octanol–water partition coefficient (Wildman–Crippen LogP) is 1.68. The first-order chi connectivity index (χ1) is 9.13. The quantitative estimate of drug-likeness (QED) is 0.909. The SMILES string of the molecule is Cn1ccc(CN2CCc3cc(C(=O)O)ccc32)n1. The lowest BCUT2D eigenvalue weighted by molar-refractivity contribution is 0.0697. The number of carboxylic acids is 1. The van der Waals surface area contributed by atoms with E-state index in [2.05, 4.69) is 10.00 Å². The van der Waals surface area contributed by atoms with E-state index in [1.165, 1.54) is 0 Å². The van der Waals surface area contributed by atoms with Gasteiger partial charge in [0.1, 0.15) is 0 Å². The van der Waals surface area contributed by atoms with Crippen LogP contribution in [-0.4, -0.2) is 27.4 Å². The Bertz CT molecular complexity index is 633. The van der Waals surface area contributed by atoms with Crippen LogP contribution in [0.4, 0.5) is 5.69 Å². The number of hydrogen-bond donors (Lipinski definition) is 1. The molecule has 5 nitrogen and oxygen atoms in total. The Balaban J connectivity index is 1.84. The highest BCUT2D eigenvalue weighted by molar-refractivity contribution is 5.88. The monoisotopic (exact) mass is 257 g/mol. The van der Waals surface area contributed by atoms with Gasteiger partial charge in [-0.2, -0.15) is 5.10 Å². The first-order valence-corrected chi connectivity index (χ1v) is 6.23. The molecule has 1 N–H and O–H groups in total. The van der Waals surface area contributed by atoms with E-state index in [0.29, 0.717) is 5.56 Å². The number of rotatable bonds is 3. The number of anilines is 1. The summed E-state index contributed by atoms with van der Waals surface area (Å²) in [5, 5.41) is 13.4. The fourth-order valence-electron chi connectivity index (χ4n) is 2.51. The fraction of sp³-hybridized carbons (Fsp3) is 0.286. The summed E-state index contributed by atoms with van der Waals surface area (Å²) in [6.07, 6.45) is 2.82. The van der Waals surface area contributed by atoms with Gasteiger partial charge in [0.05, 0.1) is 17.8 Å². The van der Waals surface area contributed by atoms with Gasteiger partial charge in [0.2, 0.25) is 0 Å². The Kier molecular flexibility index (Phi) is 2.74. The second-order valence-electron chi connectivity index (χ2n) is 4.80. The molecule has 2 aromatic rings. The molecule has 1 aliphatic rings. The van der Waals surface area contributed by atoms with Crippen LogP contribution in [0, 0.1) is 0 Å². The number of aromatic nitrogens is 2. The van der Waals surface area contributed by atoms with E-state index in [0.717, 1.165) is 36.5 Å². The summed E-state index contributed by atoms with van der Waals surface area (Å²) in [6.45, 7) is 1.68. The zero-order valence-electron chi connectivity index (χ0n) is 10.7. The third-order valence-corrected chi connectivity index (χ3v) is 3.44. The van der Waals surface area contributed by atoms with Crippen molar-refractivity contribution in [3.05, 3.63) is 47.3 Å². The Morgan fingerprint density at radius 1 is 1.42 bits per heavy atom. The van der Waals surface area contributed by atoms with E-state index in [4.69, 9.17) is 5.11 Å². The lowest BCUT2D eigenvalue weighted by atomic mass is 10.1. The van der Waals surface area contributed by atoms with Crippen molar-refractivity contribution in [1.29, 1.82) is 0 Å². The van der Waals surface area contributed by atoms with Gasteiger partial charge >= 0.3 is 5.97 Å². The van der Waals surface area contributed by atoms with Crippen LogP contribution in [0.25, 0.3) is 0 Å². The van der Waals surface area contributed by atoms with Crippen LogP contribution >= 0.6 is 0 Å². The van der Waals surface area contributed by atoms with Gasteiger partial charge < -0.3 is 10.0 Å². The molecule has 0 saturated carbocycles. The number of aryl methyl sites for hydroxylation is 1. The van der Waals surface area contributed by atoms with Gasteiger partial charge in [0, 0.05) is 25.5 Å². The van der Waals surface area contributed by atoms with Crippen molar-refractivity contribution < 1.29 is 9.90 Å². The topological polar surface area (TPSA) is 58.4 Å². The van der Waals surface area contributed by atoms with Crippen molar-refractivity contribution in [2.75, 3.05) is 11.4 Å². The predicted molar refractivity (Wildman–Crippen MR) is 71.4 cm³/mol. The number of carbonyl (C=O) groups is 1. The summed E-state index contributed by atoms with van der Waals surface area (Å²) in [7, 11) is 1.90. The van der Waals surface area contributed by atoms with E-state index in [9.17, 15) is 4.79 Å². The summed E-state index contributed by atoms with van der Waals surface area (Å²) in [5.74, 6) is -0.869. The summed E-state index contributed by atoms with van der Waals surface area (Å²) in [4.78, 5) is 13.2. The van der Waals surface area contributed by atoms with E-state index >= 15 is 0 Å². The van der Waals surface area contributed by atoms with Crippen LogP contribution in [0.5, 0.6) is 0 Å². The molecule has 3 rings (SSSR count). The summed E-state index contributed by atoms with van der Waals surface area (Å²) in [5.41, 5.74) is 3.61. The zero-order chi connectivity index (χ0) is 13.4. The Hall–Kier alpha value is -2.30. The molecule has 0 atom stereocenters. The maximum absolute atomic E-state index is 10.9. The van der Waals surface area contributed by atoms with E-state index in [1.807, 2.05) is 25.4 Å². The van der Waals surface area contributed by atoms with Gasteiger partial charge in [-0.15, -0.1) is 0 Å². The minimum atomic E-state index is -0.869. The highest BCUT2D eigenvalue weighted by atomic mass is 16.4. The molecule has 0 unspecified atom stereocenters. The first kappa shape index (κ1) is 11.8. The maximum atomic E-state index is 10.9. The van der Waals surface area contributed by atoms with Crippen LogP contribution in [-0.2, 0) is 20.0 Å². The molecule has 0 radical (unpaired) electrons. The second-order valence-corrected chi connectivity index (χ2v) is 4.80. The van der Waals surface area contributed by atoms with E-state index in [-0.39, 0.29) is 0 Å². The van der Waals surface area contributed by atoms with Gasteiger partial charge in [-0.3, -0.25) is 4.68 Å². The molecule has 0 spiro atoms. The summed E-state index contributed by atoms with van der Waals surface area (Å²) in [6, 6.07) is 7.34. The normalized spacial score (nSPS) is 13.6. The molecule has 0 bridgehead atoms. The van der Waals surface area contributed by atoms with Crippen molar-refractivity contribution in [3.8, 4) is 0 Å². The average molecular weight is 257 g/mol. The van der Waals surface area contributed by atoms with Crippen LogP contribution in [0.3, 0.4) is 0 Å².